The van der Waals surface area contributed by atoms with E-state index < -0.39 is 27.9 Å². The second-order valence-corrected chi connectivity index (χ2v) is 11.3. The highest BCUT2D eigenvalue weighted by molar-refractivity contribution is 7.89. The minimum Gasteiger partial charge on any atom is -0.497 e. The highest BCUT2D eigenvalue weighted by Crippen LogP contribution is 2.37. The molecule has 216 valence electrons. The molecule has 0 aliphatic carbocycles. The van der Waals surface area contributed by atoms with Gasteiger partial charge in [0.2, 0.25) is 0 Å². The quantitative estimate of drug-likeness (QED) is 0.310. The lowest BCUT2D eigenvalue weighted by molar-refractivity contribution is -0.146. The summed E-state index contributed by atoms with van der Waals surface area (Å²) in [4.78, 5) is 9.80. The fourth-order valence-corrected chi connectivity index (χ4v) is 6.16. The topological polar surface area (TPSA) is 84.4 Å². The van der Waals surface area contributed by atoms with E-state index >= 15 is 0 Å². The molecule has 0 radical (unpaired) electrons. The molecular formula is C26H28ClF3N4O5S. The number of aromatic nitrogens is 1. The molecule has 14 heteroatoms. The van der Waals surface area contributed by atoms with Crippen LogP contribution in [0.5, 0.6) is 11.5 Å². The molecule has 0 saturated carbocycles. The minimum absolute atomic E-state index is 0.0683. The summed E-state index contributed by atoms with van der Waals surface area (Å²) in [7, 11) is 1.88. The molecule has 1 fully saturated rings. The van der Waals surface area contributed by atoms with Gasteiger partial charge >= 0.3 is 6.18 Å². The molecule has 0 N–H and O–H groups in total. The van der Waals surface area contributed by atoms with Crippen LogP contribution in [0, 0.1) is 0 Å². The number of nitrogens with zero attached hydrogens (tertiary/aromatic N) is 4. The monoisotopic (exact) mass is 600 g/mol. The zero-order valence-corrected chi connectivity index (χ0v) is 23.7. The summed E-state index contributed by atoms with van der Waals surface area (Å²) >= 11 is 6.19. The van der Waals surface area contributed by atoms with Gasteiger partial charge in [0.15, 0.2) is 5.82 Å². The molecule has 2 heterocycles. The van der Waals surface area contributed by atoms with Gasteiger partial charge in [-0.25, -0.2) is 13.4 Å². The van der Waals surface area contributed by atoms with Crippen molar-refractivity contribution in [2.24, 2.45) is 0 Å². The van der Waals surface area contributed by atoms with Crippen LogP contribution in [0.15, 0.2) is 65.7 Å². The summed E-state index contributed by atoms with van der Waals surface area (Å²) in [5.41, 5.74) is -0.113. The van der Waals surface area contributed by atoms with Crippen LogP contribution in [0.4, 0.5) is 19.0 Å². The number of pyridine rings is 1. The van der Waals surface area contributed by atoms with Crippen LogP contribution in [0.25, 0.3) is 0 Å². The maximum atomic E-state index is 13.9. The summed E-state index contributed by atoms with van der Waals surface area (Å²) in [5, 5.41) is 2.40. The Labute approximate surface area is 235 Å². The van der Waals surface area contributed by atoms with E-state index in [0.717, 1.165) is 15.0 Å². The van der Waals surface area contributed by atoms with Gasteiger partial charge in [-0.05, 0) is 54.4 Å². The van der Waals surface area contributed by atoms with Crippen molar-refractivity contribution in [2.75, 3.05) is 39.9 Å². The zero-order valence-electron chi connectivity index (χ0n) is 22.1. The van der Waals surface area contributed by atoms with Gasteiger partial charge in [-0.15, -0.1) is 4.41 Å². The molecule has 40 heavy (non-hydrogen) atoms. The van der Waals surface area contributed by atoms with Crippen molar-refractivity contribution in [3.8, 4) is 11.5 Å². The maximum Gasteiger partial charge on any atom is 0.417 e. The second kappa shape index (κ2) is 11.8. The molecule has 0 bridgehead atoms. The van der Waals surface area contributed by atoms with E-state index in [1.807, 2.05) is 24.3 Å². The third-order valence-corrected chi connectivity index (χ3v) is 8.62. The van der Waals surface area contributed by atoms with E-state index in [1.165, 1.54) is 38.4 Å². The van der Waals surface area contributed by atoms with Crippen molar-refractivity contribution in [1.82, 2.24) is 14.5 Å². The Hall–Kier alpha value is -3.10. The Balaban J connectivity index is 1.67. The first-order chi connectivity index (χ1) is 18.8. The first-order valence-corrected chi connectivity index (χ1v) is 13.8. The minimum atomic E-state index is -4.67. The number of hydrogen-bond acceptors (Lipinski definition) is 8. The Morgan fingerprint density at radius 2 is 1.65 bits per heavy atom. The molecule has 4 rings (SSSR count). The summed E-state index contributed by atoms with van der Waals surface area (Å²) < 4.78 is 78.7. The van der Waals surface area contributed by atoms with Gasteiger partial charge < -0.3 is 9.47 Å². The normalized spacial score (nSPS) is 18.2. The molecule has 2 unspecified atom stereocenters. The molecular weight excluding hydrogens is 573 g/mol. The lowest BCUT2D eigenvalue weighted by Crippen LogP contribution is -2.48. The standard InChI is InChI=1S/C26H28ClF3N4O5S/c1-32(25-23(27)13-18(15-31-25)26(28,29)30)34(40(35,36)22-11-9-20(38-4)10-12-22)16-21-14-24(33(2)39-21)17-5-7-19(37-3)8-6-17/h5-13,15,21,24H,14,16H2,1-4H3. The SMILES string of the molecule is COc1ccc(C2CC(CN(N(C)c3ncc(C(F)(F)F)cc3Cl)S(=O)(=O)c3ccc(OC)cc3)ON2C)cc1. The van der Waals surface area contributed by atoms with E-state index in [-0.39, 0.29) is 28.3 Å². The highest BCUT2D eigenvalue weighted by Gasteiger charge is 2.39. The molecule has 1 aliphatic rings. The van der Waals surface area contributed by atoms with Gasteiger partial charge in [0.1, 0.15) is 11.5 Å². The summed E-state index contributed by atoms with van der Waals surface area (Å²) in [6.07, 6.45) is -4.24. The van der Waals surface area contributed by atoms with Crippen molar-refractivity contribution in [2.45, 2.75) is 29.6 Å². The number of anilines is 1. The number of rotatable bonds is 9. The van der Waals surface area contributed by atoms with Crippen molar-refractivity contribution in [3.05, 3.63) is 76.9 Å². The number of halogens is 4. The smallest absolute Gasteiger partial charge is 0.417 e. The van der Waals surface area contributed by atoms with Gasteiger partial charge in [0.25, 0.3) is 10.0 Å². The molecule has 1 aromatic heterocycles. The van der Waals surface area contributed by atoms with Gasteiger partial charge in [-0.3, -0.25) is 9.85 Å². The van der Waals surface area contributed by atoms with Gasteiger partial charge in [0, 0.05) is 20.3 Å². The first kappa shape index (κ1) is 29.9. The van der Waals surface area contributed by atoms with E-state index in [4.69, 9.17) is 25.9 Å². The average molecular weight is 601 g/mol. The Morgan fingerprint density at radius 3 is 2.17 bits per heavy atom. The van der Waals surface area contributed by atoms with Crippen LogP contribution in [-0.4, -0.2) is 63.8 Å². The lowest BCUT2D eigenvalue weighted by atomic mass is 10.0. The maximum absolute atomic E-state index is 13.9. The molecule has 9 nitrogen and oxygen atoms in total. The van der Waals surface area contributed by atoms with Crippen molar-refractivity contribution >= 4 is 27.4 Å². The van der Waals surface area contributed by atoms with Crippen molar-refractivity contribution in [1.29, 1.82) is 0 Å². The zero-order chi connectivity index (χ0) is 29.2. The van der Waals surface area contributed by atoms with E-state index in [2.05, 4.69) is 4.98 Å². The van der Waals surface area contributed by atoms with Crippen molar-refractivity contribution < 1.29 is 35.9 Å². The molecule has 0 spiro atoms. The van der Waals surface area contributed by atoms with Crippen LogP contribution < -0.4 is 14.5 Å². The molecule has 0 amide bonds. The fourth-order valence-electron chi connectivity index (χ4n) is 4.38. The highest BCUT2D eigenvalue weighted by atomic mass is 35.5. The fraction of sp³-hybridized carbons (Fsp3) is 0.346. The Bertz CT molecular complexity index is 1430. The van der Waals surface area contributed by atoms with E-state index in [9.17, 15) is 21.6 Å². The average Bonchev–Trinajstić information content (AvgIpc) is 3.30. The van der Waals surface area contributed by atoms with Crippen LogP contribution in [-0.2, 0) is 21.0 Å². The number of hydroxylamine groups is 2. The summed E-state index contributed by atoms with van der Waals surface area (Å²) in [6, 6.07) is 13.7. The predicted molar refractivity (Wildman–Crippen MR) is 143 cm³/mol. The third-order valence-electron chi connectivity index (χ3n) is 6.53. The number of hydrazine groups is 1. The molecule has 1 aliphatic heterocycles. The molecule has 1 saturated heterocycles. The third kappa shape index (κ3) is 6.28. The Morgan fingerprint density at radius 1 is 1.07 bits per heavy atom. The largest absolute Gasteiger partial charge is 0.497 e. The predicted octanol–water partition coefficient (Wildman–Crippen LogP) is 5.19. The van der Waals surface area contributed by atoms with Gasteiger partial charge in [-0.1, -0.05) is 23.7 Å². The van der Waals surface area contributed by atoms with Crippen LogP contribution in [0.2, 0.25) is 5.02 Å². The van der Waals surface area contributed by atoms with Crippen LogP contribution in [0.3, 0.4) is 0 Å². The summed E-state index contributed by atoms with van der Waals surface area (Å²) in [6.45, 7) is -0.180. The second-order valence-electron chi connectivity index (χ2n) is 9.03. The van der Waals surface area contributed by atoms with E-state index in [0.29, 0.717) is 30.2 Å². The van der Waals surface area contributed by atoms with Crippen LogP contribution in [0.1, 0.15) is 23.6 Å². The van der Waals surface area contributed by atoms with Crippen molar-refractivity contribution in [3.63, 3.8) is 0 Å². The molecule has 2 atom stereocenters. The Kier molecular flexibility index (Phi) is 8.80. The van der Waals surface area contributed by atoms with Crippen LogP contribution >= 0.6 is 11.6 Å². The molecule has 2 aromatic carbocycles. The number of hydrogen-bond donors (Lipinski definition) is 0. The summed E-state index contributed by atoms with van der Waals surface area (Å²) in [5.74, 6) is 0.973. The number of ether oxygens (including phenoxy) is 2. The lowest BCUT2D eigenvalue weighted by Gasteiger charge is -2.33. The number of benzene rings is 2. The van der Waals surface area contributed by atoms with E-state index in [1.54, 1.807) is 19.2 Å². The number of methoxy groups -OCH3 is 2. The number of alkyl halides is 3. The van der Waals surface area contributed by atoms with Gasteiger partial charge in [0.05, 0.1) is 48.4 Å². The van der Waals surface area contributed by atoms with Gasteiger partial charge in [-0.2, -0.15) is 18.2 Å². The number of sulfonamides is 1. The molecule has 3 aromatic rings. The first-order valence-electron chi connectivity index (χ1n) is 12.0.